The zero-order chi connectivity index (χ0) is 14.4. The number of anilines is 1. The molecule has 0 aliphatic heterocycles. The van der Waals surface area contributed by atoms with E-state index in [1.54, 1.807) is 24.7 Å². The van der Waals surface area contributed by atoms with Crippen molar-refractivity contribution < 1.29 is 8.78 Å². The molecule has 0 spiro atoms. The summed E-state index contributed by atoms with van der Waals surface area (Å²) >= 11 is 0.558. The molecule has 20 heavy (non-hydrogen) atoms. The van der Waals surface area contributed by atoms with Gasteiger partial charge in [-0.15, -0.1) is 0 Å². The largest absolute Gasteiger partial charge is 0.378 e. The van der Waals surface area contributed by atoms with Crippen LogP contribution in [0.25, 0.3) is 0 Å². The normalized spacial score (nSPS) is 11.0. The van der Waals surface area contributed by atoms with Gasteiger partial charge in [-0.05, 0) is 18.6 Å². The topological polar surface area (TPSA) is 29.9 Å². The van der Waals surface area contributed by atoms with E-state index >= 15 is 0 Å². The highest BCUT2D eigenvalue weighted by molar-refractivity contribution is 7.99. The Morgan fingerprint density at radius 1 is 1.35 bits per heavy atom. The highest BCUT2D eigenvalue weighted by Crippen LogP contribution is 2.31. The lowest BCUT2D eigenvalue weighted by molar-refractivity contribution is 0.252. The molecule has 2 rings (SSSR count). The Kier molecular flexibility index (Phi) is 5.40. The number of aromatic nitrogens is 2. The van der Waals surface area contributed by atoms with Crippen LogP contribution in [0.1, 0.15) is 19.0 Å². The smallest absolute Gasteiger partial charge is 0.288 e. The molecule has 0 aliphatic rings. The fourth-order valence-electron chi connectivity index (χ4n) is 1.93. The molecule has 1 aromatic carbocycles. The van der Waals surface area contributed by atoms with E-state index < -0.39 is 5.76 Å². The van der Waals surface area contributed by atoms with Crippen molar-refractivity contribution in [3.63, 3.8) is 0 Å². The number of hydrogen-bond donors (Lipinski definition) is 1. The zero-order valence-electron chi connectivity index (χ0n) is 11.2. The molecule has 0 fully saturated rings. The molecule has 0 saturated heterocycles. The van der Waals surface area contributed by atoms with Gasteiger partial charge in [0.1, 0.15) is 0 Å². The van der Waals surface area contributed by atoms with Gasteiger partial charge < -0.3 is 9.88 Å². The van der Waals surface area contributed by atoms with E-state index in [2.05, 4.69) is 21.8 Å². The summed E-state index contributed by atoms with van der Waals surface area (Å²) in [5.74, 6) is -2.41. The van der Waals surface area contributed by atoms with Crippen molar-refractivity contribution in [2.75, 3.05) is 5.32 Å². The Morgan fingerprint density at radius 3 is 2.90 bits per heavy atom. The highest BCUT2D eigenvalue weighted by Gasteiger charge is 2.10. The SMILES string of the molecule is CCCn1cncc1CNc1ccccc1SC(F)F. The summed E-state index contributed by atoms with van der Waals surface area (Å²) in [6.07, 6.45) is 4.62. The molecular weight excluding hydrogens is 280 g/mol. The summed E-state index contributed by atoms with van der Waals surface area (Å²) in [6, 6.07) is 7.10. The van der Waals surface area contributed by atoms with Crippen LogP contribution in [0.3, 0.4) is 0 Å². The minimum Gasteiger partial charge on any atom is -0.378 e. The molecule has 1 heterocycles. The lowest BCUT2D eigenvalue weighted by Gasteiger charge is -2.12. The molecule has 2 aromatic rings. The number of thioether (sulfide) groups is 1. The third kappa shape index (κ3) is 3.96. The van der Waals surface area contributed by atoms with Crippen molar-refractivity contribution in [3.8, 4) is 0 Å². The van der Waals surface area contributed by atoms with Gasteiger partial charge in [-0.25, -0.2) is 4.98 Å². The van der Waals surface area contributed by atoms with Gasteiger partial charge >= 0.3 is 0 Å². The van der Waals surface area contributed by atoms with E-state index in [1.165, 1.54) is 0 Å². The van der Waals surface area contributed by atoms with Crippen LogP contribution in [-0.2, 0) is 13.1 Å². The summed E-state index contributed by atoms with van der Waals surface area (Å²) in [4.78, 5) is 4.68. The maximum atomic E-state index is 12.5. The van der Waals surface area contributed by atoms with E-state index in [-0.39, 0.29) is 0 Å². The molecule has 108 valence electrons. The average molecular weight is 297 g/mol. The third-order valence-electron chi connectivity index (χ3n) is 2.83. The number of alkyl halides is 2. The first-order valence-electron chi connectivity index (χ1n) is 6.47. The second kappa shape index (κ2) is 7.28. The summed E-state index contributed by atoms with van der Waals surface area (Å²) in [5, 5.41) is 3.20. The average Bonchev–Trinajstić information content (AvgIpc) is 2.85. The Bertz CT molecular complexity index is 543. The van der Waals surface area contributed by atoms with Gasteiger partial charge in [-0.2, -0.15) is 8.78 Å². The monoisotopic (exact) mass is 297 g/mol. The summed E-state index contributed by atoms with van der Waals surface area (Å²) in [5.41, 5.74) is 1.77. The van der Waals surface area contributed by atoms with Gasteiger partial charge in [-0.1, -0.05) is 30.8 Å². The Morgan fingerprint density at radius 2 is 2.15 bits per heavy atom. The maximum Gasteiger partial charge on any atom is 0.288 e. The number of halogens is 2. The molecule has 0 aliphatic carbocycles. The van der Waals surface area contributed by atoms with Crippen molar-refractivity contribution in [2.45, 2.75) is 37.1 Å². The van der Waals surface area contributed by atoms with Gasteiger partial charge in [0.25, 0.3) is 5.76 Å². The van der Waals surface area contributed by atoms with Crippen LogP contribution >= 0.6 is 11.8 Å². The number of imidazole rings is 1. The predicted octanol–water partition coefficient (Wildman–Crippen LogP) is 4.22. The highest BCUT2D eigenvalue weighted by atomic mass is 32.2. The first kappa shape index (κ1) is 14.8. The van der Waals surface area contributed by atoms with Crippen molar-refractivity contribution in [3.05, 3.63) is 42.5 Å². The number of benzene rings is 1. The summed E-state index contributed by atoms with van der Waals surface area (Å²) in [7, 11) is 0. The molecule has 0 amide bonds. The summed E-state index contributed by atoms with van der Waals surface area (Å²) < 4.78 is 27.1. The van der Waals surface area contributed by atoms with Gasteiger partial charge in [0.2, 0.25) is 0 Å². The van der Waals surface area contributed by atoms with Crippen molar-refractivity contribution in [2.24, 2.45) is 0 Å². The first-order chi connectivity index (χ1) is 9.70. The van der Waals surface area contributed by atoms with E-state index in [9.17, 15) is 8.78 Å². The second-order valence-electron chi connectivity index (χ2n) is 4.31. The van der Waals surface area contributed by atoms with E-state index in [4.69, 9.17) is 0 Å². The number of rotatable bonds is 7. The van der Waals surface area contributed by atoms with Gasteiger partial charge in [-0.3, -0.25) is 0 Å². The van der Waals surface area contributed by atoms with E-state index in [1.807, 2.05) is 12.1 Å². The molecule has 6 heteroatoms. The fourth-order valence-corrected chi connectivity index (χ4v) is 2.55. The van der Waals surface area contributed by atoms with Crippen LogP contribution in [0.15, 0.2) is 41.7 Å². The van der Waals surface area contributed by atoms with Crippen molar-refractivity contribution in [1.82, 2.24) is 9.55 Å². The maximum absolute atomic E-state index is 12.5. The molecule has 0 unspecified atom stereocenters. The van der Waals surface area contributed by atoms with Crippen LogP contribution < -0.4 is 5.32 Å². The Labute approximate surface area is 121 Å². The fraction of sp³-hybridized carbons (Fsp3) is 0.357. The number of nitrogens with zero attached hydrogens (tertiary/aromatic N) is 2. The Balaban J connectivity index is 2.05. The lowest BCUT2D eigenvalue weighted by Crippen LogP contribution is -2.07. The molecule has 0 radical (unpaired) electrons. The molecule has 0 saturated carbocycles. The molecule has 1 N–H and O–H groups in total. The Hall–Kier alpha value is -1.56. The first-order valence-corrected chi connectivity index (χ1v) is 7.35. The molecule has 0 atom stereocenters. The lowest BCUT2D eigenvalue weighted by atomic mass is 10.3. The minimum atomic E-state index is -2.41. The third-order valence-corrected chi connectivity index (χ3v) is 3.61. The van der Waals surface area contributed by atoms with Crippen LogP contribution in [0.5, 0.6) is 0 Å². The van der Waals surface area contributed by atoms with Crippen molar-refractivity contribution in [1.29, 1.82) is 0 Å². The number of aryl methyl sites for hydroxylation is 1. The van der Waals surface area contributed by atoms with Crippen LogP contribution in [-0.4, -0.2) is 15.3 Å². The minimum absolute atomic E-state index is 0.558. The second-order valence-corrected chi connectivity index (χ2v) is 5.34. The van der Waals surface area contributed by atoms with Gasteiger partial charge in [0.15, 0.2) is 0 Å². The van der Waals surface area contributed by atoms with Gasteiger partial charge in [0, 0.05) is 23.3 Å². The zero-order valence-corrected chi connectivity index (χ0v) is 12.0. The van der Waals surface area contributed by atoms with Crippen LogP contribution in [0, 0.1) is 0 Å². The summed E-state index contributed by atoms with van der Waals surface area (Å²) in [6.45, 7) is 3.58. The van der Waals surface area contributed by atoms with Crippen LogP contribution in [0.2, 0.25) is 0 Å². The van der Waals surface area contributed by atoms with Crippen LogP contribution in [0.4, 0.5) is 14.5 Å². The van der Waals surface area contributed by atoms with E-state index in [0.29, 0.717) is 23.2 Å². The van der Waals surface area contributed by atoms with Gasteiger partial charge in [0.05, 0.1) is 18.6 Å². The van der Waals surface area contributed by atoms with Crippen molar-refractivity contribution >= 4 is 17.4 Å². The molecule has 0 bridgehead atoms. The predicted molar refractivity (Wildman–Crippen MR) is 78.1 cm³/mol. The quantitative estimate of drug-likeness (QED) is 0.776. The standard InChI is InChI=1S/C14H17F2N3S/c1-2-7-19-10-17-8-11(19)9-18-12-5-3-4-6-13(12)20-14(15)16/h3-6,8,10,14,18H,2,7,9H2,1H3. The van der Waals surface area contributed by atoms with E-state index in [0.717, 1.165) is 24.3 Å². The molecular formula is C14H17F2N3S. The number of nitrogens with one attached hydrogen (secondary N) is 1. The molecule has 3 nitrogen and oxygen atoms in total. The number of hydrogen-bond acceptors (Lipinski definition) is 3. The molecule has 1 aromatic heterocycles. The number of para-hydroxylation sites is 1.